The van der Waals surface area contributed by atoms with E-state index >= 15 is 0 Å². The molecule has 0 bridgehead atoms. The largest absolute Gasteiger partial charge is 0.321 e. The lowest BCUT2D eigenvalue weighted by Gasteiger charge is -2.10. The first kappa shape index (κ1) is 19.9. The molecule has 0 unspecified atom stereocenters. The van der Waals surface area contributed by atoms with E-state index in [2.05, 4.69) is 10.6 Å². The molecule has 0 spiro atoms. The third-order valence-corrected chi connectivity index (χ3v) is 4.78. The molecule has 0 heterocycles. The zero-order valence-electron chi connectivity index (χ0n) is 15.3. The molecule has 142 valence electrons. The van der Waals surface area contributed by atoms with Crippen molar-refractivity contribution in [3.63, 3.8) is 0 Å². The Balaban J connectivity index is 1.70. The van der Waals surface area contributed by atoms with Crippen LogP contribution in [0.15, 0.2) is 60.7 Å². The SMILES string of the molecule is Cc1ccc(NC(=O)c2ccc(C(=O)Nc3ccc(C)cc3Cl)cc2)c(Cl)c1. The number of amides is 2. The van der Waals surface area contributed by atoms with Gasteiger partial charge in [-0.25, -0.2) is 0 Å². The molecule has 3 aromatic rings. The lowest BCUT2D eigenvalue weighted by Crippen LogP contribution is -2.14. The van der Waals surface area contributed by atoms with Crippen molar-refractivity contribution in [3.05, 3.63) is 93.0 Å². The summed E-state index contributed by atoms with van der Waals surface area (Å²) in [5, 5.41) is 6.48. The quantitative estimate of drug-likeness (QED) is 0.542. The monoisotopic (exact) mass is 412 g/mol. The van der Waals surface area contributed by atoms with Crippen LogP contribution in [0.5, 0.6) is 0 Å². The molecule has 0 atom stereocenters. The molecule has 0 aromatic heterocycles. The second-order valence-corrected chi connectivity index (χ2v) is 7.27. The average Bonchev–Trinajstić information content (AvgIpc) is 2.66. The Kier molecular flexibility index (Phi) is 6.02. The first-order valence-electron chi connectivity index (χ1n) is 8.58. The Labute approximate surface area is 173 Å². The van der Waals surface area contributed by atoms with Gasteiger partial charge in [0.25, 0.3) is 11.8 Å². The normalized spacial score (nSPS) is 10.4. The summed E-state index contributed by atoms with van der Waals surface area (Å²) >= 11 is 12.3. The molecule has 3 aromatic carbocycles. The summed E-state index contributed by atoms with van der Waals surface area (Å²) in [4.78, 5) is 24.8. The van der Waals surface area contributed by atoms with E-state index in [0.717, 1.165) is 11.1 Å². The number of anilines is 2. The second-order valence-electron chi connectivity index (χ2n) is 6.45. The molecule has 4 nitrogen and oxygen atoms in total. The molecule has 0 aliphatic rings. The fourth-order valence-electron chi connectivity index (χ4n) is 2.60. The van der Waals surface area contributed by atoms with Crippen LogP contribution in [0.4, 0.5) is 11.4 Å². The maximum atomic E-state index is 12.4. The summed E-state index contributed by atoms with van der Waals surface area (Å²) in [5.41, 5.74) is 3.92. The minimum absolute atomic E-state index is 0.306. The van der Waals surface area contributed by atoms with E-state index in [4.69, 9.17) is 23.2 Å². The predicted octanol–water partition coefficient (Wildman–Crippen LogP) is 6.11. The average molecular weight is 413 g/mol. The fourth-order valence-corrected chi connectivity index (χ4v) is 3.17. The number of hydrogen-bond acceptors (Lipinski definition) is 2. The van der Waals surface area contributed by atoms with Gasteiger partial charge in [-0.05, 0) is 73.5 Å². The molecule has 0 fully saturated rings. The molecule has 2 N–H and O–H groups in total. The minimum atomic E-state index is -0.306. The summed E-state index contributed by atoms with van der Waals surface area (Å²) in [6.45, 7) is 3.84. The highest BCUT2D eigenvalue weighted by Gasteiger charge is 2.12. The van der Waals surface area contributed by atoms with Crippen LogP contribution in [0.2, 0.25) is 10.0 Å². The van der Waals surface area contributed by atoms with Gasteiger partial charge in [-0.1, -0.05) is 35.3 Å². The van der Waals surface area contributed by atoms with Gasteiger partial charge in [-0.15, -0.1) is 0 Å². The summed E-state index contributed by atoms with van der Waals surface area (Å²) < 4.78 is 0. The van der Waals surface area contributed by atoms with Crippen LogP contribution in [0, 0.1) is 13.8 Å². The first-order valence-corrected chi connectivity index (χ1v) is 9.34. The molecule has 0 saturated heterocycles. The van der Waals surface area contributed by atoms with E-state index in [1.54, 1.807) is 48.5 Å². The Bertz CT molecular complexity index is 962. The van der Waals surface area contributed by atoms with Gasteiger partial charge < -0.3 is 10.6 Å². The van der Waals surface area contributed by atoms with Gasteiger partial charge in [0.15, 0.2) is 0 Å². The van der Waals surface area contributed by atoms with Crippen molar-refractivity contribution >= 4 is 46.4 Å². The molecule has 3 rings (SSSR count). The predicted molar refractivity (Wildman–Crippen MR) is 115 cm³/mol. The van der Waals surface area contributed by atoms with Crippen molar-refractivity contribution in [2.75, 3.05) is 10.6 Å². The van der Waals surface area contributed by atoms with Crippen LogP contribution >= 0.6 is 23.2 Å². The van der Waals surface area contributed by atoms with E-state index in [0.29, 0.717) is 32.5 Å². The van der Waals surface area contributed by atoms with Crippen molar-refractivity contribution < 1.29 is 9.59 Å². The van der Waals surface area contributed by atoms with Crippen molar-refractivity contribution in [2.45, 2.75) is 13.8 Å². The Hall–Kier alpha value is -2.82. The van der Waals surface area contributed by atoms with E-state index in [9.17, 15) is 9.59 Å². The molecule has 0 aliphatic carbocycles. The van der Waals surface area contributed by atoms with Crippen molar-refractivity contribution in [1.82, 2.24) is 0 Å². The lowest BCUT2D eigenvalue weighted by molar-refractivity contribution is 0.101. The lowest BCUT2D eigenvalue weighted by atomic mass is 10.1. The summed E-state index contributed by atoms with van der Waals surface area (Å²) in [6, 6.07) is 17.1. The Morgan fingerprint density at radius 2 is 1.00 bits per heavy atom. The molecular formula is C22H18Cl2N2O2. The number of hydrogen-bond donors (Lipinski definition) is 2. The maximum absolute atomic E-state index is 12.4. The van der Waals surface area contributed by atoms with Gasteiger partial charge in [0, 0.05) is 11.1 Å². The number of rotatable bonds is 4. The zero-order valence-corrected chi connectivity index (χ0v) is 16.9. The molecule has 6 heteroatoms. The van der Waals surface area contributed by atoms with Crippen LogP contribution in [-0.4, -0.2) is 11.8 Å². The topological polar surface area (TPSA) is 58.2 Å². The van der Waals surface area contributed by atoms with Crippen LogP contribution in [0.25, 0.3) is 0 Å². The van der Waals surface area contributed by atoms with Gasteiger partial charge in [-0.3, -0.25) is 9.59 Å². The number of nitrogens with one attached hydrogen (secondary N) is 2. The molecule has 0 aliphatic heterocycles. The highest BCUT2D eigenvalue weighted by Crippen LogP contribution is 2.24. The van der Waals surface area contributed by atoms with Crippen molar-refractivity contribution in [2.24, 2.45) is 0 Å². The second kappa shape index (κ2) is 8.46. The molecule has 2 amide bonds. The standard InChI is InChI=1S/C22H18Cl2N2O2/c1-13-3-9-19(17(23)11-13)25-21(27)15-5-7-16(8-6-15)22(28)26-20-10-4-14(2)12-18(20)24/h3-12H,1-2H3,(H,25,27)(H,26,28). The molecule has 0 radical (unpaired) electrons. The minimum Gasteiger partial charge on any atom is -0.321 e. The van der Waals surface area contributed by atoms with E-state index < -0.39 is 0 Å². The maximum Gasteiger partial charge on any atom is 0.255 e. The van der Waals surface area contributed by atoms with Gasteiger partial charge in [-0.2, -0.15) is 0 Å². The Morgan fingerprint density at radius 1 is 0.643 bits per heavy atom. The number of halogens is 2. The van der Waals surface area contributed by atoms with E-state index in [1.165, 1.54) is 0 Å². The highest BCUT2D eigenvalue weighted by atomic mass is 35.5. The summed E-state index contributed by atoms with van der Waals surface area (Å²) in [5.74, 6) is -0.612. The number of carbonyl (C=O) groups excluding carboxylic acids is 2. The van der Waals surface area contributed by atoms with Crippen LogP contribution in [-0.2, 0) is 0 Å². The zero-order chi connectivity index (χ0) is 20.3. The van der Waals surface area contributed by atoms with Crippen LogP contribution in [0.1, 0.15) is 31.8 Å². The van der Waals surface area contributed by atoms with E-state index in [-0.39, 0.29) is 11.8 Å². The smallest absolute Gasteiger partial charge is 0.255 e. The number of carbonyl (C=O) groups is 2. The van der Waals surface area contributed by atoms with Gasteiger partial charge in [0.2, 0.25) is 0 Å². The third-order valence-electron chi connectivity index (χ3n) is 4.15. The number of benzene rings is 3. The molecule has 0 saturated carbocycles. The van der Waals surface area contributed by atoms with E-state index in [1.807, 2.05) is 26.0 Å². The van der Waals surface area contributed by atoms with Gasteiger partial charge in [0.05, 0.1) is 21.4 Å². The van der Waals surface area contributed by atoms with Gasteiger partial charge >= 0.3 is 0 Å². The third kappa shape index (κ3) is 4.71. The summed E-state index contributed by atoms with van der Waals surface area (Å²) in [7, 11) is 0. The van der Waals surface area contributed by atoms with Crippen LogP contribution in [0.3, 0.4) is 0 Å². The fraction of sp³-hybridized carbons (Fsp3) is 0.0909. The highest BCUT2D eigenvalue weighted by molar-refractivity contribution is 6.34. The van der Waals surface area contributed by atoms with Crippen LogP contribution < -0.4 is 10.6 Å². The first-order chi connectivity index (χ1) is 13.3. The van der Waals surface area contributed by atoms with Gasteiger partial charge in [0.1, 0.15) is 0 Å². The number of aryl methyl sites for hydroxylation is 2. The summed E-state index contributed by atoms with van der Waals surface area (Å²) in [6.07, 6.45) is 0. The molecule has 28 heavy (non-hydrogen) atoms. The Morgan fingerprint density at radius 3 is 1.32 bits per heavy atom. The molecular weight excluding hydrogens is 395 g/mol. The van der Waals surface area contributed by atoms with Crippen molar-refractivity contribution in [3.8, 4) is 0 Å². The van der Waals surface area contributed by atoms with Crippen molar-refractivity contribution in [1.29, 1.82) is 0 Å².